The zero-order chi connectivity index (χ0) is 34.5. The molecule has 1 atom stereocenters. The first-order valence-electron chi connectivity index (χ1n) is 15.5. The fourth-order valence-electron chi connectivity index (χ4n) is 4.54. The summed E-state index contributed by atoms with van der Waals surface area (Å²) in [7, 11) is 0. The van der Waals surface area contributed by atoms with Gasteiger partial charge in [0.25, 0.3) is 5.91 Å². The van der Waals surface area contributed by atoms with Crippen LogP contribution in [0, 0.1) is 0 Å². The molecule has 0 bridgehead atoms. The van der Waals surface area contributed by atoms with Gasteiger partial charge in [-0.1, -0.05) is 37.6 Å². The van der Waals surface area contributed by atoms with E-state index < -0.39 is 36.0 Å². The Bertz CT molecular complexity index is 1690. The van der Waals surface area contributed by atoms with Gasteiger partial charge in [-0.15, -0.1) is 0 Å². The Morgan fingerprint density at radius 1 is 0.896 bits per heavy atom. The van der Waals surface area contributed by atoms with Crippen LogP contribution in [0.2, 0.25) is 0 Å². The molecule has 252 valence electrons. The zero-order valence-corrected chi connectivity index (χ0v) is 26.7. The van der Waals surface area contributed by atoms with E-state index in [1.165, 1.54) is 4.90 Å². The lowest BCUT2D eigenvalue weighted by molar-refractivity contribution is -0.139. The molecule has 0 spiro atoms. The third-order valence-corrected chi connectivity index (χ3v) is 7.09. The number of urea groups is 1. The summed E-state index contributed by atoms with van der Waals surface area (Å²) in [4.78, 5) is 71.1. The van der Waals surface area contributed by atoms with E-state index in [1.54, 1.807) is 55.5 Å². The summed E-state index contributed by atoms with van der Waals surface area (Å²) in [5.74, 6) is -1.76. The van der Waals surface area contributed by atoms with Crippen LogP contribution in [-0.2, 0) is 27.4 Å². The highest BCUT2D eigenvalue weighted by Gasteiger charge is 2.22. The Labute approximate surface area is 276 Å². The maximum atomic E-state index is 13.5. The number of rotatable bonds is 15. The molecule has 0 radical (unpaired) electrons. The number of aromatic amines is 1. The summed E-state index contributed by atoms with van der Waals surface area (Å²) in [6, 6.07) is 18.5. The van der Waals surface area contributed by atoms with Gasteiger partial charge < -0.3 is 40.4 Å². The van der Waals surface area contributed by atoms with Crippen LogP contribution in [-0.4, -0.2) is 75.7 Å². The average molecular weight is 659 g/mol. The van der Waals surface area contributed by atoms with Crippen LogP contribution in [0.1, 0.15) is 58.8 Å². The molecule has 1 aromatic heterocycles. The van der Waals surface area contributed by atoms with Crippen molar-refractivity contribution < 1.29 is 38.6 Å². The molecule has 0 saturated carbocycles. The molecule has 1 heterocycles. The number of carboxylic acid groups (broad SMARTS) is 1. The molecule has 14 heteroatoms. The highest BCUT2D eigenvalue weighted by molar-refractivity contribution is 5.95. The maximum absolute atomic E-state index is 13.5. The zero-order valence-electron chi connectivity index (χ0n) is 26.7. The molecule has 0 aliphatic rings. The Hall–Kier alpha value is -5.92. The highest BCUT2D eigenvalue weighted by Crippen LogP contribution is 2.17. The number of alkyl carbamates (subject to hydrolysis) is 1. The lowest BCUT2D eigenvalue weighted by atomic mass is 10.1. The molecule has 5 N–H and O–H groups in total. The van der Waals surface area contributed by atoms with Crippen LogP contribution in [0.4, 0.5) is 15.3 Å². The first-order valence-corrected chi connectivity index (χ1v) is 15.5. The highest BCUT2D eigenvalue weighted by atomic mass is 16.5. The van der Waals surface area contributed by atoms with Gasteiger partial charge in [-0.3, -0.25) is 4.79 Å². The number of esters is 1. The minimum Gasteiger partial charge on any atom is -0.480 e. The van der Waals surface area contributed by atoms with E-state index in [1.807, 2.05) is 31.2 Å². The minimum atomic E-state index is -1.38. The quantitative estimate of drug-likeness (QED) is 0.0891. The molecule has 48 heavy (non-hydrogen) atoms. The van der Waals surface area contributed by atoms with E-state index in [0.29, 0.717) is 29.1 Å². The fraction of sp³-hybridized carbons (Fsp3) is 0.294. The first kappa shape index (κ1) is 34.9. The van der Waals surface area contributed by atoms with Gasteiger partial charge in [-0.2, -0.15) is 0 Å². The molecule has 0 unspecified atom stereocenters. The second kappa shape index (κ2) is 17.1. The Kier molecular flexibility index (Phi) is 12.5. The first-order chi connectivity index (χ1) is 23.2. The number of carboxylic acids is 1. The van der Waals surface area contributed by atoms with E-state index in [-0.39, 0.29) is 38.4 Å². The summed E-state index contributed by atoms with van der Waals surface area (Å²) >= 11 is 0. The van der Waals surface area contributed by atoms with Crippen molar-refractivity contribution in [3.63, 3.8) is 0 Å². The second-order valence-corrected chi connectivity index (χ2v) is 10.7. The number of H-pyrrole nitrogens is 1. The number of nitrogens with zero attached hydrogens (tertiary/aromatic N) is 2. The number of unbranched alkanes of at least 4 members (excludes halogenated alkanes) is 1. The molecule has 0 aliphatic heterocycles. The summed E-state index contributed by atoms with van der Waals surface area (Å²) in [5.41, 5.74) is 3.37. The second-order valence-electron chi connectivity index (χ2n) is 10.7. The molecule has 4 rings (SSSR count). The third-order valence-electron chi connectivity index (χ3n) is 7.09. The largest absolute Gasteiger partial charge is 0.480 e. The number of anilines is 1. The summed E-state index contributed by atoms with van der Waals surface area (Å²) in [5, 5.41) is 17.1. The van der Waals surface area contributed by atoms with Gasteiger partial charge in [0.1, 0.15) is 11.9 Å². The van der Waals surface area contributed by atoms with Crippen molar-refractivity contribution in [1.29, 1.82) is 0 Å². The van der Waals surface area contributed by atoms with Crippen LogP contribution in [0.3, 0.4) is 0 Å². The van der Waals surface area contributed by atoms with Crippen LogP contribution < -0.4 is 16.0 Å². The summed E-state index contributed by atoms with van der Waals surface area (Å²) in [6.45, 7) is 3.98. The summed E-state index contributed by atoms with van der Waals surface area (Å²) in [6.07, 6.45) is 0.581. The summed E-state index contributed by atoms with van der Waals surface area (Å²) < 4.78 is 9.96. The predicted molar refractivity (Wildman–Crippen MR) is 176 cm³/mol. The van der Waals surface area contributed by atoms with Crippen molar-refractivity contribution in [3.05, 3.63) is 95.3 Å². The van der Waals surface area contributed by atoms with E-state index in [2.05, 4.69) is 25.9 Å². The minimum absolute atomic E-state index is 0.133. The van der Waals surface area contributed by atoms with Crippen LogP contribution in [0.25, 0.3) is 11.0 Å². The number of hydrogen-bond acceptors (Lipinski definition) is 8. The average Bonchev–Trinajstić information content (AvgIpc) is 3.49. The van der Waals surface area contributed by atoms with Gasteiger partial charge in [0.15, 0.2) is 0 Å². The Balaban J connectivity index is 1.42. The van der Waals surface area contributed by atoms with E-state index in [4.69, 9.17) is 9.47 Å². The number of fused-ring (bicyclic) bond motifs is 1. The lowest BCUT2D eigenvalue weighted by Crippen LogP contribution is -2.48. The number of amides is 4. The normalized spacial score (nSPS) is 11.3. The number of imidazole rings is 1. The number of carbonyl (C=O) groups excluding carboxylic acids is 4. The third kappa shape index (κ3) is 10.0. The van der Waals surface area contributed by atoms with Crippen LogP contribution in [0.5, 0.6) is 0 Å². The Morgan fingerprint density at radius 3 is 2.27 bits per heavy atom. The lowest BCUT2D eigenvalue weighted by Gasteiger charge is -2.22. The fourth-order valence-corrected chi connectivity index (χ4v) is 4.54. The number of nitrogens with one attached hydrogen (secondary N) is 4. The molecule has 0 saturated heterocycles. The van der Waals surface area contributed by atoms with Crippen molar-refractivity contribution in [2.75, 3.05) is 25.1 Å². The van der Waals surface area contributed by atoms with Gasteiger partial charge in [-0.25, -0.2) is 24.2 Å². The number of para-hydroxylation sites is 2. The van der Waals surface area contributed by atoms with Crippen molar-refractivity contribution in [3.8, 4) is 0 Å². The topological polar surface area (TPSA) is 192 Å². The molecule has 14 nitrogen and oxygen atoms in total. The molecule has 0 aliphatic carbocycles. The van der Waals surface area contributed by atoms with Gasteiger partial charge in [0.2, 0.25) is 0 Å². The number of carbonyl (C=O) groups is 5. The predicted octanol–water partition coefficient (Wildman–Crippen LogP) is 4.68. The standard InChI is InChI=1S/C34H38N6O8/c1-3-5-18-48-34(46)39-28(31(42)43)19-35-30(41)23-12-10-22(11-13-23)20-40(21-29-37-26-8-6-7-9-27(26)38-29)33(45)36-25-16-14-24(15-17-25)32(44)47-4-2/h6-17,28H,3-5,18-21H2,1-2H3,(H,35,41)(H,36,45)(H,37,38)(H,39,46)(H,42,43)/t28-/m0/s1. The van der Waals surface area contributed by atoms with Crippen molar-refractivity contribution >= 4 is 46.7 Å². The molecule has 0 fully saturated rings. The van der Waals surface area contributed by atoms with Gasteiger partial charge in [-0.05, 0) is 67.4 Å². The number of benzene rings is 3. The monoisotopic (exact) mass is 658 g/mol. The number of ether oxygens (including phenoxy) is 2. The van der Waals surface area contributed by atoms with Crippen molar-refractivity contribution in [2.45, 2.75) is 45.8 Å². The van der Waals surface area contributed by atoms with E-state index in [9.17, 15) is 29.1 Å². The van der Waals surface area contributed by atoms with Crippen LogP contribution >= 0.6 is 0 Å². The molecular formula is C34H38N6O8. The van der Waals surface area contributed by atoms with Gasteiger partial charge >= 0.3 is 24.1 Å². The Morgan fingerprint density at radius 2 is 1.60 bits per heavy atom. The van der Waals surface area contributed by atoms with Crippen molar-refractivity contribution in [2.24, 2.45) is 0 Å². The smallest absolute Gasteiger partial charge is 0.407 e. The molecule has 3 aromatic carbocycles. The van der Waals surface area contributed by atoms with Crippen LogP contribution in [0.15, 0.2) is 72.8 Å². The molecule has 4 aromatic rings. The number of hydrogen-bond donors (Lipinski definition) is 5. The number of aromatic nitrogens is 2. The van der Waals surface area contributed by atoms with Gasteiger partial charge in [0.05, 0.1) is 36.4 Å². The van der Waals surface area contributed by atoms with E-state index >= 15 is 0 Å². The maximum Gasteiger partial charge on any atom is 0.407 e. The number of aliphatic carboxylic acids is 1. The van der Waals surface area contributed by atoms with Crippen molar-refractivity contribution in [1.82, 2.24) is 25.5 Å². The van der Waals surface area contributed by atoms with E-state index in [0.717, 1.165) is 17.5 Å². The molecule has 4 amide bonds. The van der Waals surface area contributed by atoms with Gasteiger partial charge in [0, 0.05) is 24.3 Å². The molecular weight excluding hydrogens is 620 g/mol. The SMILES string of the molecule is CCCCOC(=O)N[C@@H](CNC(=O)c1ccc(CN(Cc2nc3ccccc3[nH]2)C(=O)Nc2ccc(C(=O)OCC)cc2)cc1)C(=O)O.